The van der Waals surface area contributed by atoms with E-state index in [0.717, 1.165) is 48.3 Å². The second kappa shape index (κ2) is 12.2. The Kier molecular flexibility index (Phi) is 8.67. The van der Waals surface area contributed by atoms with Crippen LogP contribution in [0.15, 0.2) is 77.7 Å². The third-order valence-electron chi connectivity index (χ3n) is 7.27. The van der Waals surface area contributed by atoms with Crippen molar-refractivity contribution in [2.45, 2.75) is 55.4 Å². The van der Waals surface area contributed by atoms with Crippen molar-refractivity contribution in [2.24, 2.45) is 5.92 Å². The molecule has 5 rings (SSSR count). The first-order valence-electron chi connectivity index (χ1n) is 13.6. The summed E-state index contributed by atoms with van der Waals surface area (Å²) >= 11 is 0. The van der Waals surface area contributed by atoms with E-state index in [9.17, 15) is 26.4 Å². The molecule has 0 spiro atoms. The number of ether oxygens (including phenoxy) is 1. The number of benzene rings is 3. The largest absolute Gasteiger partial charge is 0.493 e. The van der Waals surface area contributed by atoms with E-state index >= 15 is 0 Å². The van der Waals surface area contributed by atoms with Gasteiger partial charge in [0, 0.05) is 24.9 Å². The molecule has 1 amide bonds. The Morgan fingerprint density at radius 3 is 2.49 bits per heavy atom. The number of nitrogens with one attached hydrogen (secondary N) is 3. The van der Waals surface area contributed by atoms with Crippen molar-refractivity contribution >= 4 is 15.9 Å². The number of carbonyl (C=O) groups excluding carboxylic acids is 1. The summed E-state index contributed by atoms with van der Waals surface area (Å²) in [6.07, 6.45) is -1.85. The summed E-state index contributed by atoms with van der Waals surface area (Å²) in [5, 5.41) is 6.45. The van der Waals surface area contributed by atoms with Gasteiger partial charge >= 0.3 is 6.18 Å². The van der Waals surface area contributed by atoms with Gasteiger partial charge in [0.2, 0.25) is 15.9 Å². The van der Waals surface area contributed by atoms with Crippen LogP contribution in [0.2, 0.25) is 0 Å². The number of amides is 1. The van der Waals surface area contributed by atoms with Gasteiger partial charge in [-0.3, -0.25) is 4.79 Å². The van der Waals surface area contributed by atoms with E-state index in [4.69, 9.17) is 4.74 Å². The maximum Gasteiger partial charge on any atom is 0.416 e. The van der Waals surface area contributed by atoms with Crippen molar-refractivity contribution in [2.75, 3.05) is 13.2 Å². The van der Waals surface area contributed by atoms with Gasteiger partial charge in [-0.15, -0.1) is 0 Å². The molecule has 1 fully saturated rings. The van der Waals surface area contributed by atoms with Crippen molar-refractivity contribution in [3.63, 3.8) is 0 Å². The van der Waals surface area contributed by atoms with Gasteiger partial charge in [0.05, 0.1) is 29.1 Å². The molecule has 3 N–H and O–H groups in total. The predicted octanol–water partition coefficient (Wildman–Crippen LogP) is 5.25. The molecule has 0 radical (unpaired) electrons. The number of hydrogen-bond acceptors (Lipinski definition) is 5. The normalized spacial score (nSPS) is 17.8. The first-order valence-corrected chi connectivity index (χ1v) is 15.1. The molecule has 41 heavy (non-hydrogen) atoms. The minimum Gasteiger partial charge on any atom is -0.493 e. The summed E-state index contributed by atoms with van der Waals surface area (Å²) < 4.78 is 74.2. The van der Waals surface area contributed by atoms with E-state index in [-0.39, 0.29) is 12.5 Å². The number of hydrogen-bond donors (Lipinski definition) is 3. The highest BCUT2D eigenvalue weighted by molar-refractivity contribution is 7.89. The van der Waals surface area contributed by atoms with Crippen LogP contribution in [-0.4, -0.2) is 27.5 Å². The second-order valence-corrected chi connectivity index (χ2v) is 12.2. The summed E-state index contributed by atoms with van der Waals surface area (Å²) in [6.45, 7) is 2.15. The maximum absolute atomic E-state index is 13.2. The van der Waals surface area contributed by atoms with Gasteiger partial charge in [-0.05, 0) is 60.7 Å². The molecule has 1 aliphatic carbocycles. The average molecular weight is 588 g/mol. The van der Waals surface area contributed by atoms with Gasteiger partial charge in [-0.25, -0.2) is 13.1 Å². The quantitative estimate of drug-likeness (QED) is 0.285. The van der Waals surface area contributed by atoms with Crippen molar-refractivity contribution in [3.8, 4) is 5.75 Å². The molecular weight excluding hydrogens is 555 g/mol. The lowest BCUT2D eigenvalue weighted by Gasteiger charge is -2.28. The summed E-state index contributed by atoms with van der Waals surface area (Å²) in [5.41, 5.74) is 1.36. The van der Waals surface area contributed by atoms with Crippen molar-refractivity contribution < 1.29 is 31.1 Å². The molecule has 2 aliphatic rings. The van der Waals surface area contributed by atoms with E-state index in [1.807, 2.05) is 18.2 Å². The molecule has 11 heteroatoms. The molecule has 2 atom stereocenters. The number of sulfonamides is 1. The molecule has 1 aliphatic heterocycles. The van der Waals surface area contributed by atoms with Crippen LogP contribution in [0.25, 0.3) is 0 Å². The van der Waals surface area contributed by atoms with Crippen LogP contribution in [0, 0.1) is 5.92 Å². The highest BCUT2D eigenvalue weighted by Crippen LogP contribution is 2.34. The maximum atomic E-state index is 13.2. The third kappa shape index (κ3) is 7.66. The van der Waals surface area contributed by atoms with Gasteiger partial charge in [-0.1, -0.05) is 48.5 Å². The van der Waals surface area contributed by atoms with Gasteiger partial charge < -0.3 is 15.4 Å². The lowest BCUT2D eigenvalue weighted by atomic mass is 9.98. The van der Waals surface area contributed by atoms with E-state index in [1.54, 1.807) is 30.3 Å². The van der Waals surface area contributed by atoms with Crippen molar-refractivity contribution in [1.29, 1.82) is 0 Å². The Labute approximate surface area is 237 Å². The van der Waals surface area contributed by atoms with Crippen LogP contribution >= 0.6 is 0 Å². The summed E-state index contributed by atoms with van der Waals surface area (Å²) in [7, 11) is -4.39. The Hall–Kier alpha value is -3.41. The monoisotopic (exact) mass is 587 g/mol. The molecule has 3 aromatic carbocycles. The number of fused-ring (bicyclic) bond motifs is 1. The lowest BCUT2D eigenvalue weighted by molar-refractivity contribution is -0.137. The second-order valence-electron chi connectivity index (χ2n) is 10.5. The SMILES string of the molecule is O=C(CC(NS(=O)(=O)c1cccc(C(F)(F)F)c1)c1ccccc1)NC1CCOc2cc(CNCC3CC3)ccc21. The first kappa shape index (κ1) is 29.1. The van der Waals surface area contributed by atoms with Gasteiger partial charge in [0.15, 0.2) is 0 Å². The van der Waals surface area contributed by atoms with E-state index in [2.05, 4.69) is 15.4 Å². The zero-order valence-corrected chi connectivity index (χ0v) is 23.1. The first-order chi connectivity index (χ1) is 19.6. The van der Waals surface area contributed by atoms with E-state index in [0.29, 0.717) is 30.4 Å². The van der Waals surface area contributed by atoms with Crippen molar-refractivity contribution in [3.05, 3.63) is 95.1 Å². The molecule has 0 bridgehead atoms. The number of rotatable bonds is 11. The number of alkyl halides is 3. The molecule has 1 heterocycles. The van der Waals surface area contributed by atoms with Gasteiger partial charge in [0.25, 0.3) is 0 Å². The molecule has 0 aromatic heterocycles. The molecule has 7 nitrogen and oxygen atoms in total. The molecule has 1 saturated carbocycles. The standard InChI is InChI=1S/C30H32F3N3O4S/c31-30(32,33)23-7-4-8-24(16-23)41(38,39)36-27(22-5-2-1-3-6-22)17-29(37)35-26-13-14-40-28-15-21(11-12-25(26)28)19-34-18-20-9-10-20/h1-8,11-12,15-16,20,26-27,34,36H,9-10,13-14,17-19H2,(H,35,37). The number of carbonyl (C=O) groups is 1. The summed E-state index contributed by atoms with van der Waals surface area (Å²) in [5.74, 6) is 1.08. The van der Waals surface area contributed by atoms with Crippen LogP contribution < -0.4 is 20.1 Å². The predicted molar refractivity (Wildman–Crippen MR) is 147 cm³/mol. The minimum absolute atomic E-state index is 0.252. The average Bonchev–Trinajstić information content (AvgIpc) is 3.77. The van der Waals surface area contributed by atoms with Crippen LogP contribution in [0.1, 0.15) is 60.0 Å². The Bertz CT molecular complexity index is 1480. The van der Waals surface area contributed by atoms with Gasteiger partial charge in [-0.2, -0.15) is 13.2 Å². The Morgan fingerprint density at radius 1 is 0.976 bits per heavy atom. The fourth-order valence-corrected chi connectivity index (χ4v) is 6.15. The van der Waals surface area contributed by atoms with Crippen LogP contribution in [-0.2, 0) is 27.5 Å². The van der Waals surface area contributed by atoms with Crippen molar-refractivity contribution in [1.82, 2.24) is 15.4 Å². The highest BCUT2D eigenvalue weighted by atomic mass is 32.2. The molecule has 218 valence electrons. The van der Waals surface area contributed by atoms with E-state index < -0.39 is 38.6 Å². The van der Waals surface area contributed by atoms with Crippen LogP contribution in [0.5, 0.6) is 5.75 Å². The van der Waals surface area contributed by atoms with Crippen LogP contribution in [0.3, 0.4) is 0 Å². The Morgan fingerprint density at radius 2 is 1.76 bits per heavy atom. The zero-order valence-electron chi connectivity index (χ0n) is 22.3. The molecule has 2 unspecified atom stereocenters. The number of halogens is 3. The van der Waals surface area contributed by atoms with Crippen LogP contribution in [0.4, 0.5) is 13.2 Å². The summed E-state index contributed by atoms with van der Waals surface area (Å²) in [6, 6.07) is 16.6. The fraction of sp³-hybridized carbons (Fsp3) is 0.367. The van der Waals surface area contributed by atoms with E-state index in [1.165, 1.54) is 12.8 Å². The smallest absolute Gasteiger partial charge is 0.416 e. The lowest BCUT2D eigenvalue weighted by Crippen LogP contribution is -2.36. The molecule has 0 saturated heterocycles. The summed E-state index contributed by atoms with van der Waals surface area (Å²) in [4.78, 5) is 12.7. The van der Waals surface area contributed by atoms with Gasteiger partial charge in [0.1, 0.15) is 5.75 Å². The Balaban J connectivity index is 1.29. The molecule has 3 aromatic rings. The third-order valence-corrected chi connectivity index (χ3v) is 8.74. The zero-order chi connectivity index (χ0) is 29.0. The topological polar surface area (TPSA) is 96.5 Å². The minimum atomic E-state index is -4.70. The molecular formula is C30H32F3N3O4S. The fourth-order valence-electron chi connectivity index (χ4n) is 4.88. The highest BCUT2D eigenvalue weighted by Gasteiger charge is 2.33.